The molecule has 2 N–H and O–H groups in total. The second-order valence-corrected chi connectivity index (χ2v) is 6.04. The molecular weight excluding hydrogens is 320 g/mol. The lowest BCUT2D eigenvalue weighted by molar-refractivity contribution is -0.135. The Morgan fingerprint density at radius 2 is 2.10 bits per heavy atom. The summed E-state index contributed by atoms with van der Waals surface area (Å²) < 4.78 is 0.977. The molecule has 0 radical (unpaired) electrons. The van der Waals surface area contributed by atoms with Crippen molar-refractivity contribution in [3.63, 3.8) is 0 Å². The van der Waals surface area contributed by atoms with Gasteiger partial charge in [-0.05, 0) is 41.0 Å². The van der Waals surface area contributed by atoms with E-state index in [1.807, 2.05) is 24.0 Å². The minimum atomic E-state index is 0.0253. The van der Waals surface area contributed by atoms with Crippen molar-refractivity contribution in [2.45, 2.75) is 13.3 Å². The molecule has 0 saturated carbocycles. The van der Waals surface area contributed by atoms with Crippen LogP contribution in [-0.2, 0) is 4.79 Å². The third kappa shape index (κ3) is 3.70. The summed E-state index contributed by atoms with van der Waals surface area (Å²) in [6.07, 6.45) is 2.56. The quantitative estimate of drug-likeness (QED) is 0.901. The first kappa shape index (κ1) is 15.3. The van der Waals surface area contributed by atoms with E-state index in [0.29, 0.717) is 6.54 Å². The zero-order valence-corrected chi connectivity index (χ0v) is 13.3. The molecule has 6 heteroatoms. The summed E-state index contributed by atoms with van der Waals surface area (Å²) in [5.74, 6) is 1.21. The van der Waals surface area contributed by atoms with E-state index in [1.165, 1.54) is 0 Å². The summed E-state index contributed by atoms with van der Waals surface area (Å²) in [5.41, 5.74) is 5.52. The van der Waals surface area contributed by atoms with E-state index in [1.54, 1.807) is 6.20 Å². The number of piperazine rings is 1. The van der Waals surface area contributed by atoms with Crippen LogP contribution in [0, 0.1) is 5.92 Å². The number of amides is 1. The largest absolute Gasteiger partial charge is 0.353 e. The number of hydrogen-bond donors (Lipinski definition) is 1. The molecule has 0 bridgehead atoms. The minimum absolute atomic E-state index is 0.0253. The number of anilines is 1. The van der Waals surface area contributed by atoms with Crippen LogP contribution in [0.1, 0.15) is 13.3 Å². The van der Waals surface area contributed by atoms with E-state index in [4.69, 9.17) is 5.73 Å². The van der Waals surface area contributed by atoms with Crippen LogP contribution < -0.4 is 10.6 Å². The van der Waals surface area contributed by atoms with Gasteiger partial charge in [0, 0.05) is 42.8 Å². The maximum absolute atomic E-state index is 12.2. The Bertz CT molecular complexity index is 443. The first-order valence-corrected chi connectivity index (χ1v) is 7.76. The summed E-state index contributed by atoms with van der Waals surface area (Å²) >= 11 is 3.38. The van der Waals surface area contributed by atoms with E-state index >= 15 is 0 Å². The molecule has 1 atom stereocenters. The summed E-state index contributed by atoms with van der Waals surface area (Å²) in [5, 5.41) is 0. The first-order valence-electron chi connectivity index (χ1n) is 6.97. The van der Waals surface area contributed by atoms with Crippen LogP contribution in [0.2, 0.25) is 0 Å². The number of nitrogens with two attached hydrogens (primary N) is 1. The van der Waals surface area contributed by atoms with Crippen molar-refractivity contribution in [3.05, 3.63) is 22.8 Å². The number of carbonyl (C=O) groups excluding carboxylic acids is 1. The van der Waals surface area contributed by atoms with E-state index in [2.05, 4.69) is 25.8 Å². The number of carbonyl (C=O) groups is 1. The Morgan fingerprint density at radius 1 is 1.40 bits per heavy atom. The molecule has 1 aliphatic rings. The summed E-state index contributed by atoms with van der Waals surface area (Å²) in [4.78, 5) is 20.8. The molecule has 5 nitrogen and oxygen atoms in total. The van der Waals surface area contributed by atoms with Gasteiger partial charge < -0.3 is 15.5 Å². The van der Waals surface area contributed by atoms with Crippen LogP contribution >= 0.6 is 15.9 Å². The first-order chi connectivity index (χ1) is 9.61. The minimum Gasteiger partial charge on any atom is -0.353 e. The summed E-state index contributed by atoms with van der Waals surface area (Å²) in [6, 6.07) is 3.99. The predicted molar refractivity (Wildman–Crippen MR) is 83.6 cm³/mol. The standard InChI is InChI=1S/C14H21BrN4O/c1-11(4-5-16)14(20)19-8-6-18(7-9-19)13-3-2-12(15)10-17-13/h2-3,10-11H,4-9,16H2,1H3. The molecule has 1 aromatic heterocycles. The lowest BCUT2D eigenvalue weighted by Gasteiger charge is -2.36. The van der Waals surface area contributed by atoms with Gasteiger partial charge in [-0.15, -0.1) is 0 Å². The number of rotatable bonds is 4. The Hall–Kier alpha value is -1.14. The second-order valence-electron chi connectivity index (χ2n) is 5.13. The monoisotopic (exact) mass is 340 g/mol. The lowest BCUT2D eigenvalue weighted by atomic mass is 10.1. The van der Waals surface area contributed by atoms with Crippen LogP contribution in [0.4, 0.5) is 5.82 Å². The van der Waals surface area contributed by atoms with Gasteiger partial charge in [-0.3, -0.25) is 4.79 Å². The highest BCUT2D eigenvalue weighted by atomic mass is 79.9. The third-order valence-corrected chi connectivity index (χ3v) is 4.12. The van der Waals surface area contributed by atoms with Crippen LogP contribution in [0.25, 0.3) is 0 Å². The average Bonchev–Trinajstić information content (AvgIpc) is 2.48. The molecule has 0 spiro atoms. The highest BCUT2D eigenvalue weighted by molar-refractivity contribution is 9.10. The third-order valence-electron chi connectivity index (χ3n) is 3.65. The molecule has 1 amide bonds. The molecule has 1 saturated heterocycles. The highest BCUT2D eigenvalue weighted by Crippen LogP contribution is 2.17. The van der Waals surface area contributed by atoms with Gasteiger partial charge in [0.2, 0.25) is 5.91 Å². The molecular formula is C14H21BrN4O. The van der Waals surface area contributed by atoms with Crippen molar-refractivity contribution in [2.24, 2.45) is 11.7 Å². The summed E-state index contributed by atoms with van der Waals surface area (Å²) in [7, 11) is 0. The molecule has 1 aliphatic heterocycles. The van der Waals surface area contributed by atoms with Gasteiger partial charge in [0.25, 0.3) is 0 Å². The Morgan fingerprint density at radius 3 is 2.65 bits per heavy atom. The molecule has 1 fully saturated rings. The number of nitrogens with zero attached hydrogens (tertiary/aromatic N) is 3. The fourth-order valence-electron chi connectivity index (χ4n) is 2.40. The number of aromatic nitrogens is 1. The van der Waals surface area contributed by atoms with E-state index in [0.717, 1.165) is 42.9 Å². The normalized spacial score (nSPS) is 17.1. The van der Waals surface area contributed by atoms with Crippen molar-refractivity contribution in [2.75, 3.05) is 37.6 Å². The summed E-state index contributed by atoms with van der Waals surface area (Å²) in [6.45, 7) is 5.69. The van der Waals surface area contributed by atoms with Gasteiger partial charge in [-0.25, -0.2) is 4.98 Å². The van der Waals surface area contributed by atoms with Crippen LogP contribution in [0.15, 0.2) is 22.8 Å². The number of halogens is 1. The molecule has 20 heavy (non-hydrogen) atoms. The zero-order chi connectivity index (χ0) is 14.5. The van der Waals surface area contributed by atoms with Gasteiger partial charge in [-0.2, -0.15) is 0 Å². The topological polar surface area (TPSA) is 62.5 Å². The van der Waals surface area contributed by atoms with E-state index in [-0.39, 0.29) is 11.8 Å². The van der Waals surface area contributed by atoms with Crippen molar-refractivity contribution < 1.29 is 4.79 Å². The zero-order valence-electron chi connectivity index (χ0n) is 11.8. The maximum atomic E-state index is 12.2. The number of pyridine rings is 1. The molecule has 0 aliphatic carbocycles. The molecule has 1 unspecified atom stereocenters. The molecule has 110 valence electrons. The second kappa shape index (κ2) is 7.04. The van der Waals surface area contributed by atoms with Crippen molar-refractivity contribution >= 4 is 27.7 Å². The van der Waals surface area contributed by atoms with Gasteiger partial charge in [-0.1, -0.05) is 6.92 Å². The van der Waals surface area contributed by atoms with E-state index in [9.17, 15) is 4.79 Å². The van der Waals surface area contributed by atoms with E-state index < -0.39 is 0 Å². The predicted octanol–water partition coefficient (Wildman–Crippen LogP) is 1.48. The van der Waals surface area contributed by atoms with Gasteiger partial charge in [0.05, 0.1) is 0 Å². The maximum Gasteiger partial charge on any atom is 0.225 e. The Balaban J connectivity index is 1.89. The Kier molecular flexibility index (Phi) is 5.37. The van der Waals surface area contributed by atoms with Gasteiger partial charge >= 0.3 is 0 Å². The van der Waals surface area contributed by atoms with Gasteiger partial charge in [0.15, 0.2) is 0 Å². The highest BCUT2D eigenvalue weighted by Gasteiger charge is 2.24. The van der Waals surface area contributed by atoms with Crippen molar-refractivity contribution in [1.29, 1.82) is 0 Å². The van der Waals surface area contributed by atoms with Gasteiger partial charge in [0.1, 0.15) is 5.82 Å². The van der Waals surface area contributed by atoms with Crippen LogP contribution in [0.5, 0.6) is 0 Å². The molecule has 1 aromatic rings. The Labute approximate surface area is 128 Å². The smallest absolute Gasteiger partial charge is 0.225 e. The molecule has 0 aromatic carbocycles. The van der Waals surface area contributed by atoms with Crippen LogP contribution in [-0.4, -0.2) is 48.5 Å². The lowest BCUT2D eigenvalue weighted by Crippen LogP contribution is -2.50. The average molecular weight is 341 g/mol. The fourth-order valence-corrected chi connectivity index (χ4v) is 2.63. The van der Waals surface area contributed by atoms with Crippen molar-refractivity contribution in [3.8, 4) is 0 Å². The molecule has 2 rings (SSSR count). The number of hydrogen-bond acceptors (Lipinski definition) is 4. The fraction of sp³-hybridized carbons (Fsp3) is 0.571. The SMILES string of the molecule is CC(CCN)C(=O)N1CCN(c2ccc(Br)cn2)CC1. The van der Waals surface area contributed by atoms with Crippen LogP contribution in [0.3, 0.4) is 0 Å². The molecule has 2 heterocycles. The van der Waals surface area contributed by atoms with Crippen molar-refractivity contribution in [1.82, 2.24) is 9.88 Å².